The SMILES string of the molecule is COCCCN1CCC[C@@]2(CCN(c3ncnc4ccsc34)C2)C1=O. The van der Waals surface area contributed by atoms with Gasteiger partial charge in [-0.1, -0.05) is 0 Å². The van der Waals surface area contributed by atoms with Crippen LogP contribution in [0.5, 0.6) is 0 Å². The van der Waals surface area contributed by atoms with Gasteiger partial charge in [0.05, 0.1) is 15.6 Å². The maximum atomic E-state index is 13.2. The molecule has 2 aromatic rings. The van der Waals surface area contributed by atoms with Gasteiger partial charge in [-0.2, -0.15) is 0 Å². The molecular weight excluding hydrogens is 336 g/mol. The molecule has 25 heavy (non-hydrogen) atoms. The first-order chi connectivity index (χ1) is 12.2. The summed E-state index contributed by atoms with van der Waals surface area (Å²) >= 11 is 1.67. The van der Waals surface area contributed by atoms with E-state index < -0.39 is 0 Å². The van der Waals surface area contributed by atoms with Crippen LogP contribution in [0.15, 0.2) is 17.8 Å². The number of ether oxygens (including phenoxy) is 1. The number of likely N-dealkylation sites (tertiary alicyclic amines) is 1. The van der Waals surface area contributed by atoms with Gasteiger partial charge in [0.2, 0.25) is 5.91 Å². The Morgan fingerprint density at radius 2 is 2.24 bits per heavy atom. The molecule has 2 aromatic heterocycles. The van der Waals surface area contributed by atoms with Crippen molar-refractivity contribution in [3.05, 3.63) is 17.8 Å². The van der Waals surface area contributed by atoms with Crippen molar-refractivity contribution in [2.45, 2.75) is 25.7 Å². The summed E-state index contributed by atoms with van der Waals surface area (Å²) in [7, 11) is 1.71. The lowest BCUT2D eigenvalue weighted by Crippen LogP contribution is -2.50. The van der Waals surface area contributed by atoms with Crippen LogP contribution in [0.4, 0.5) is 5.82 Å². The minimum atomic E-state index is -0.236. The molecule has 0 aromatic carbocycles. The van der Waals surface area contributed by atoms with Crippen LogP contribution in [0.1, 0.15) is 25.7 Å². The fourth-order valence-corrected chi connectivity index (χ4v) is 5.06. The molecule has 2 aliphatic rings. The van der Waals surface area contributed by atoms with Crippen LogP contribution >= 0.6 is 11.3 Å². The first-order valence-electron chi connectivity index (χ1n) is 8.95. The predicted octanol–water partition coefficient (Wildman–Crippen LogP) is 2.55. The molecule has 7 heteroatoms. The number of thiophene rings is 1. The van der Waals surface area contributed by atoms with Gasteiger partial charge in [0.1, 0.15) is 12.1 Å². The van der Waals surface area contributed by atoms with Crippen molar-refractivity contribution in [2.75, 3.05) is 44.8 Å². The Labute approximate surface area is 151 Å². The van der Waals surface area contributed by atoms with Crippen LogP contribution in [0.3, 0.4) is 0 Å². The molecule has 2 aliphatic heterocycles. The number of carbonyl (C=O) groups is 1. The summed E-state index contributed by atoms with van der Waals surface area (Å²) in [5.41, 5.74) is 0.756. The Bertz CT molecular complexity index is 764. The average molecular weight is 360 g/mol. The second-order valence-corrected chi connectivity index (χ2v) is 7.94. The molecule has 1 amide bonds. The summed E-state index contributed by atoms with van der Waals surface area (Å²) in [4.78, 5) is 26.4. The van der Waals surface area contributed by atoms with Gasteiger partial charge in [0, 0.05) is 39.9 Å². The molecule has 0 aliphatic carbocycles. The predicted molar refractivity (Wildman–Crippen MR) is 99.0 cm³/mol. The number of anilines is 1. The number of aromatic nitrogens is 2. The largest absolute Gasteiger partial charge is 0.385 e. The van der Waals surface area contributed by atoms with Crippen LogP contribution in [0.2, 0.25) is 0 Å². The van der Waals surface area contributed by atoms with E-state index in [0.29, 0.717) is 12.5 Å². The van der Waals surface area contributed by atoms with Crippen LogP contribution in [0, 0.1) is 5.41 Å². The molecule has 1 spiro atoms. The van der Waals surface area contributed by atoms with Gasteiger partial charge in [-0.25, -0.2) is 9.97 Å². The lowest BCUT2D eigenvalue weighted by Gasteiger charge is -2.39. The number of methoxy groups -OCH3 is 1. The van der Waals surface area contributed by atoms with Gasteiger partial charge in [-0.15, -0.1) is 11.3 Å². The number of carbonyl (C=O) groups excluding carboxylic acids is 1. The highest BCUT2D eigenvalue weighted by molar-refractivity contribution is 7.17. The fraction of sp³-hybridized carbons (Fsp3) is 0.611. The van der Waals surface area contributed by atoms with Gasteiger partial charge < -0.3 is 14.5 Å². The molecular formula is C18H24N4O2S. The van der Waals surface area contributed by atoms with E-state index in [1.54, 1.807) is 24.8 Å². The zero-order valence-corrected chi connectivity index (χ0v) is 15.4. The average Bonchev–Trinajstić information content (AvgIpc) is 3.26. The third kappa shape index (κ3) is 3.00. The summed E-state index contributed by atoms with van der Waals surface area (Å²) in [6.07, 6.45) is 5.54. The Morgan fingerprint density at radius 1 is 1.32 bits per heavy atom. The summed E-state index contributed by atoms with van der Waals surface area (Å²) in [6.45, 7) is 4.06. The Balaban J connectivity index is 1.52. The minimum Gasteiger partial charge on any atom is -0.385 e. The summed E-state index contributed by atoms with van der Waals surface area (Å²) in [5, 5.41) is 2.05. The standard InChI is InChI=1S/C18H24N4O2S/c1-24-10-3-8-21-7-2-5-18(17(21)23)6-9-22(12-18)16-15-14(4-11-25-15)19-13-20-16/h4,11,13H,2-3,5-10,12H2,1H3/t18-/m0/s1. The number of hydrogen-bond donors (Lipinski definition) is 0. The van der Waals surface area contributed by atoms with Crippen LogP contribution in [-0.2, 0) is 9.53 Å². The zero-order chi connectivity index (χ0) is 17.3. The van der Waals surface area contributed by atoms with E-state index in [9.17, 15) is 4.79 Å². The number of rotatable bonds is 5. The van der Waals surface area contributed by atoms with E-state index >= 15 is 0 Å². The van der Waals surface area contributed by atoms with Gasteiger partial charge in [-0.3, -0.25) is 4.79 Å². The first-order valence-corrected chi connectivity index (χ1v) is 9.83. The topological polar surface area (TPSA) is 58.6 Å². The Kier molecular flexibility index (Phi) is 4.60. The quantitative estimate of drug-likeness (QED) is 0.767. The van der Waals surface area contributed by atoms with Gasteiger partial charge in [-0.05, 0) is 37.1 Å². The van der Waals surface area contributed by atoms with E-state index in [0.717, 1.165) is 67.9 Å². The van der Waals surface area contributed by atoms with Crippen molar-refractivity contribution in [2.24, 2.45) is 5.41 Å². The number of piperidine rings is 1. The molecule has 6 nitrogen and oxygen atoms in total. The number of fused-ring (bicyclic) bond motifs is 1. The molecule has 2 fully saturated rings. The maximum Gasteiger partial charge on any atom is 0.230 e. The highest BCUT2D eigenvalue weighted by Gasteiger charge is 2.48. The Hall–Kier alpha value is -1.73. The molecule has 0 saturated carbocycles. The molecule has 4 heterocycles. The van der Waals surface area contributed by atoms with Crippen molar-refractivity contribution in [1.82, 2.24) is 14.9 Å². The summed E-state index contributed by atoms with van der Waals surface area (Å²) in [5.74, 6) is 1.31. The number of hydrogen-bond acceptors (Lipinski definition) is 6. The first kappa shape index (κ1) is 16.7. The third-order valence-corrected chi connectivity index (χ3v) is 6.38. The monoisotopic (exact) mass is 360 g/mol. The van der Waals surface area contributed by atoms with Crippen molar-refractivity contribution in [1.29, 1.82) is 0 Å². The van der Waals surface area contributed by atoms with E-state index in [4.69, 9.17) is 4.74 Å². The van der Waals surface area contributed by atoms with Gasteiger partial charge >= 0.3 is 0 Å². The van der Waals surface area contributed by atoms with Crippen LogP contribution in [0.25, 0.3) is 10.2 Å². The number of amides is 1. The maximum absolute atomic E-state index is 13.2. The molecule has 4 rings (SSSR count). The normalized spacial score (nSPS) is 24.0. The van der Waals surface area contributed by atoms with Crippen molar-refractivity contribution in [3.63, 3.8) is 0 Å². The van der Waals surface area contributed by atoms with E-state index in [-0.39, 0.29) is 5.41 Å². The minimum absolute atomic E-state index is 0.236. The highest BCUT2D eigenvalue weighted by atomic mass is 32.1. The summed E-state index contributed by atoms with van der Waals surface area (Å²) < 4.78 is 6.26. The zero-order valence-electron chi connectivity index (χ0n) is 14.6. The van der Waals surface area contributed by atoms with Crippen molar-refractivity contribution in [3.8, 4) is 0 Å². The molecule has 1 atom stereocenters. The second kappa shape index (κ2) is 6.88. The summed E-state index contributed by atoms with van der Waals surface area (Å²) in [6, 6.07) is 2.03. The van der Waals surface area contributed by atoms with Crippen molar-refractivity contribution >= 4 is 33.3 Å². The van der Waals surface area contributed by atoms with Crippen LogP contribution in [-0.4, -0.2) is 60.7 Å². The molecule has 134 valence electrons. The molecule has 0 radical (unpaired) electrons. The fourth-order valence-electron chi connectivity index (χ4n) is 4.20. The third-order valence-electron chi connectivity index (χ3n) is 5.48. The van der Waals surface area contributed by atoms with Crippen molar-refractivity contribution < 1.29 is 9.53 Å². The molecule has 0 N–H and O–H groups in total. The Morgan fingerprint density at radius 3 is 3.12 bits per heavy atom. The lowest BCUT2D eigenvalue weighted by molar-refractivity contribution is -0.145. The number of nitrogens with zero attached hydrogens (tertiary/aromatic N) is 4. The highest BCUT2D eigenvalue weighted by Crippen LogP contribution is 2.42. The smallest absolute Gasteiger partial charge is 0.230 e. The van der Waals surface area contributed by atoms with E-state index in [1.807, 2.05) is 11.0 Å². The van der Waals surface area contributed by atoms with E-state index in [2.05, 4.69) is 20.2 Å². The van der Waals surface area contributed by atoms with E-state index in [1.165, 1.54) is 0 Å². The molecule has 2 saturated heterocycles. The molecule has 0 bridgehead atoms. The lowest BCUT2D eigenvalue weighted by atomic mass is 9.78. The van der Waals surface area contributed by atoms with Gasteiger partial charge in [0.15, 0.2) is 0 Å². The van der Waals surface area contributed by atoms with Crippen LogP contribution < -0.4 is 4.90 Å². The van der Waals surface area contributed by atoms with Gasteiger partial charge in [0.25, 0.3) is 0 Å². The second-order valence-electron chi connectivity index (χ2n) is 7.03. The molecule has 0 unspecified atom stereocenters.